The quantitative estimate of drug-likeness (QED) is 0.597. The summed E-state index contributed by atoms with van der Waals surface area (Å²) in [6.07, 6.45) is -0.785. The van der Waals surface area contributed by atoms with E-state index in [2.05, 4.69) is 5.32 Å². The first-order valence-corrected chi connectivity index (χ1v) is 9.61. The van der Waals surface area contributed by atoms with Gasteiger partial charge in [0.05, 0.1) is 19.8 Å². The lowest BCUT2D eigenvalue weighted by Gasteiger charge is -2.17. The predicted octanol–water partition coefficient (Wildman–Crippen LogP) is 3.03. The normalized spacial score (nSPS) is 13.4. The second kappa shape index (κ2) is 10.0. The molecule has 1 atom stereocenters. The van der Waals surface area contributed by atoms with Crippen molar-refractivity contribution < 1.29 is 28.9 Å². The van der Waals surface area contributed by atoms with Crippen molar-refractivity contribution in [2.24, 2.45) is 0 Å². The van der Waals surface area contributed by atoms with Crippen LogP contribution in [0.15, 0.2) is 48.5 Å². The van der Waals surface area contributed by atoms with Crippen molar-refractivity contribution in [3.63, 3.8) is 0 Å². The van der Waals surface area contributed by atoms with Crippen LogP contribution in [0.25, 0.3) is 11.1 Å². The van der Waals surface area contributed by atoms with Crippen LogP contribution < -0.4 is 5.32 Å². The fourth-order valence-corrected chi connectivity index (χ4v) is 3.42. The van der Waals surface area contributed by atoms with E-state index in [-0.39, 0.29) is 25.7 Å². The van der Waals surface area contributed by atoms with Crippen LogP contribution in [-0.2, 0) is 19.0 Å². The van der Waals surface area contributed by atoms with Gasteiger partial charge in [-0.1, -0.05) is 48.5 Å². The van der Waals surface area contributed by atoms with E-state index in [4.69, 9.17) is 14.2 Å². The molecule has 2 aromatic rings. The summed E-state index contributed by atoms with van der Waals surface area (Å²) < 4.78 is 15.8. The minimum Gasteiger partial charge on any atom is -0.480 e. The Kier molecular flexibility index (Phi) is 7.21. The maximum atomic E-state index is 12.2. The van der Waals surface area contributed by atoms with E-state index >= 15 is 0 Å². The molecule has 0 heterocycles. The standard InChI is InChI=1S/C22H25NO6/c1-2-27-11-12-28-14-20(21(24)25)23-22(26)29-13-19-17-9-5-3-7-15(17)16-8-4-6-10-18(16)19/h3-10,19-20H,2,11-14H2,1H3,(H,23,26)(H,24,25)/t20-/m0/s1. The third-order valence-corrected chi connectivity index (χ3v) is 4.79. The number of nitrogens with one attached hydrogen (secondary N) is 1. The molecule has 1 amide bonds. The number of hydrogen-bond acceptors (Lipinski definition) is 5. The second-order valence-electron chi connectivity index (χ2n) is 6.63. The highest BCUT2D eigenvalue weighted by molar-refractivity contribution is 5.81. The van der Waals surface area contributed by atoms with Crippen LogP contribution in [0.2, 0.25) is 0 Å². The summed E-state index contributed by atoms with van der Waals surface area (Å²) in [6, 6.07) is 14.8. The molecule has 2 N–H and O–H groups in total. The molecule has 1 aliphatic rings. The average Bonchev–Trinajstić information content (AvgIpc) is 3.05. The molecule has 2 aromatic carbocycles. The molecule has 7 nitrogen and oxygen atoms in total. The molecule has 0 saturated heterocycles. The molecule has 1 aliphatic carbocycles. The van der Waals surface area contributed by atoms with E-state index < -0.39 is 18.1 Å². The summed E-state index contributed by atoms with van der Waals surface area (Å²) in [5, 5.41) is 11.6. The third kappa shape index (κ3) is 5.13. The Bertz CT molecular complexity index is 807. The SMILES string of the molecule is CCOCCOC[C@H](NC(=O)OCC1c2ccccc2-c2ccccc21)C(=O)O. The van der Waals surface area contributed by atoms with Crippen molar-refractivity contribution in [1.82, 2.24) is 5.32 Å². The van der Waals surface area contributed by atoms with Gasteiger partial charge >= 0.3 is 12.1 Å². The number of amides is 1. The van der Waals surface area contributed by atoms with Gasteiger partial charge in [0.2, 0.25) is 0 Å². The fraction of sp³-hybridized carbons (Fsp3) is 0.364. The van der Waals surface area contributed by atoms with E-state index in [1.807, 2.05) is 55.5 Å². The van der Waals surface area contributed by atoms with Crippen molar-refractivity contribution in [3.8, 4) is 11.1 Å². The number of alkyl carbamates (subject to hydrolysis) is 1. The number of carbonyl (C=O) groups excluding carboxylic acids is 1. The highest BCUT2D eigenvalue weighted by Gasteiger charge is 2.29. The molecule has 3 rings (SSSR count). The average molecular weight is 399 g/mol. The minimum atomic E-state index is -1.19. The van der Waals surface area contributed by atoms with Crippen LogP contribution in [0, 0.1) is 0 Å². The lowest BCUT2D eigenvalue weighted by atomic mass is 9.98. The number of aliphatic carboxylic acids is 1. The lowest BCUT2D eigenvalue weighted by Crippen LogP contribution is -2.44. The Labute approximate surface area is 169 Å². The largest absolute Gasteiger partial charge is 0.480 e. The van der Waals surface area contributed by atoms with Gasteiger partial charge in [-0.25, -0.2) is 9.59 Å². The Hall–Kier alpha value is -2.90. The molecule has 7 heteroatoms. The van der Waals surface area contributed by atoms with E-state index in [1.54, 1.807) is 0 Å². The third-order valence-electron chi connectivity index (χ3n) is 4.79. The van der Waals surface area contributed by atoms with Crippen molar-refractivity contribution in [2.75, 3.05) is 33.0 Å². The predicted molar refractivity (Wildman–Crippen MR) is 107 cm³/mol. The number of carbonyl (C=O) groups is 2. The monoisotopic (exact) mass is 399 g/mol. The highest BCUT2D eigenvalue weighted by atomic mass is 16.6. The molecule has 0 fully saturated rings. The Balaban J connectivity index is 1.56. The first-order chi connectivity index (χ1) is 14.1. The second-order valence-corrected chi connectivity index (χ2v) is 6.63. The van der Waals surface area contributed by atoms with Crippen LogP contribution >= 0.6 is 0 Å². The maximum Gasteiger partial charge on any atom is 0.407 e. The van der Waals surface area contributed by atoms with Crippen LogP contribution in [0.5, 0.6) is 0 Å². The number of rotatable bonds is 10. The van der Waals surface area contributed by atoms with Gasteiger partial charge in [0, 0.05) is 12.5 Å². The molecule has 154 valence electrons. The number of benzene rings is 2. The van der Waals surface area contributed by atoms with Gasteiger partial charge in [-0.3, -0.25) is 0 Å². The molecule has 0 spiro atoms. The van der Waals surface area contributed by atoms with Crippen LogP contribution in [0.1, 0.15) is 24.0 Å². The first kappa shape index (κ1) is 20.8. The van der Waals surface area contributed by atoms with Gasteiger partial charge in [0.25, 0.3) is 0 Å². The fourth-order valence-electron chi connectivity index (χ4n) is 3.42. The van der Waals surface area contributed by atoms with Crippen LogP contribution in [0.4, 0.5) is 4.79 Å². The molecule has 0 aliphatic heterocycles. The summed E-state index contributed by atoms with van der Waals surface area (Å²) in [5.41, 5.74) is 4.44. The molecule has 0 saturated carbocycles. The van der Waals surface area contributed by atoms with Crippen molar-refractivity contribution in [1.29, 1.82) is 0 Å². The van der Waals surface area contributed by atoms with Crippen LogP contribution in [0.3, 0.4) is 0 Å². The zero-order valence-corrected chi connectivity index (χ0v) is 16.3. The first-order valence-electron chi connectivity index (χ1n) is 9.61. The highest BCUT2D eigenvalue weighted by Crippen LogP contribution is 2.44. The van der Waals surface area contributed by atoms with Crippen molar-refractivity contribution in [3.05, 3.63) is 59.7 Å². The van der Waals surface area contributed by atoms with E-state index in [0.29, 0.717) is 13.2 Å². The zero-order chi connectivity index (χ0) is 20.6. The molecule has 29 heavy (non-hydrogen) atoms. The van der Waals surface area contributed by atoms with Gasteiger partial charge in [0.15, 0.2) is 6.04 Å². The molecule has 0 unspecified atom stereocenters. The lowest BCUT2D eigenvalue weighted by molar-refractivity contribution is -0.141. The number of hydrogen-bond donors (Lipinski definition) is 2. The molecule has 0 radical (unpaired) electrons. The Morgan fingerprint density at radius 1 is 1.00 bits per heavy atom. The van der Waals surface area contributed by atoms with Gasteiger partial charge in [-0.05, 0) is 29.2 Å². The topological polar surface area (TPSA) is 94.1 Å². The minimum absolute atomic E-state index is 0.0844. The van der Waals surface area contributed by atoms with Crippen molar-refractivity contribution in [2.45, 2.75) is 18.9 Å². The summed E-state index contributed by atoms with van der Waals surface area (Å²) >= 11 is 0. The van der Waals surface area contributed by atoms with Gasteiger partial charge in [-0.2, -0.15) is 0 Å². The van der Waals surface area contributed by atoms with Crippen LogP contribution in [-0.4, -0.2) is 56.2 Å². The maximum absolute atomic E-state index is 12.2. The zero-order valence-electron chi connectivity index (χ0n) is 16.3. The number of carboxylic acid groups (broad SMARTS) is 1. The molecule has 0 bridgehead atoms. The molecular weight excluding hydrogens is 374 g/mol. The van der Waals surface area contributed by atoms with E-state index in [0.717, 1.165) is 22.3 Å². The number of ether oxygens (including phenoxy) is 3. The summed E-state index contributed by atoms with van der Waals surface area (Å²) in [6.45, 7) is 3.00. The Morgan fingerprint density at radius 2 is 1.59 bits per heavy atom. The van der Waals surface area contributed by atoms with E-state index in [1.165, 1.54) is 0 Å². The Morgan fingerprint density at radius 3 is 2.17 bits per heavy atom. The number of fused-ring (bicyclic) bond motifs is 3. The van der Waals surface area contributed by atoms with Gasteiger partial charge < -0.3 is 24.6 Å². The summed E-state index contributed by atoms with van der Waals surface area (Å²) in [5.74, 6) is -1.27. The van der Waals surface area contributed by atoms with E-state index in [9.17, 15) is 14.7 Å². The molecule has 0 aromatic heterocycles. The summed E-state index contributed by atoms with van der Waals surface area (Å²) in [4.78, 5) is 23.6. The molecular formula is C22H25NO6. The smallest absolute Gasteiger partial charge is 0.407 e. The van der Waals surface area contributed by atoms with Gasteiger partial charge in [-0.15, -0.1) is 0 Å². The number of carboxylic acids is 1. The van der Waals surface area contributed by atoms with Gasteiger partial charge in [0.1, 0.15) is 6.61 Å². The van der Waals surface area contributed by atoms with Crippen molar-refractivity contribution >= 4 is 12.1 Å². The summed E-state index contributed by atoms with van der Waals surface area (Å²) in [7, 11) is 0.